The van der Waals surface area contributed by atoms with Gasteiger partial charge in [0.15, 0.2) is 5.78 Å². The Labute approximate surface area is 205 Å². The number of benzene rings is 1. The number of fused-ring (bicyclic) bond motifs is 6. The molecular formula is C29H32N2O4. The van der Waals surface area contributed by atoms with Gasteiger partial charge in [-0.2, -0.15) is 5.10 Å². The highest BCUT2D eigenvalue weighted by molar-refractivity contribution is 5.94. The second kappa shape index (κ2) is 7.74. The van der Waals surface area contributed by atoms with Crippen molar-refractivity contribution in [2.24, 2.45) is 34.5 Å². The number of aromatic amines is 1. The maximum Gasteiger partial charge on any atom is 0.338 e. The predicted octanol–water partition coefficient (Wildman–Crippen LogP) is 5.21. The third-order valence-electron chi connectivity index (χ3n) is 9.86. The number of allylic oxidation sites excluding steroid dienone is 4. The standard InChI is InChI=1S/C29H32N2O4/c1-16(32)22-7-8-23-21-6-5-19-13-20(33)10-11-28(19,2)26(21)25(14-29(22,23)3)35-27(34)17-4-9-24-18(12-17)15-30-31-24/h4-6,9,12-13,15,21-23,25-26H,7-8,10-11,14H2,1-3H3,(H,30,31)/t21-,22+,23-,25-,26-,28+,29+/m0/s1. The first-order valence-electron chi connectivity index (χ1n) is 12.8. The van der Waals surface area contributed by atoms with Crippen LogP contribution in [-0.4, -0.2) is 33.8 Å². The van der Waals surface area contributed by atoms with Crippen LogP contribution >= 0.6 is 0 Å². The van der Waals surface area contributed by atoms with E-state index in [9.17, 15) is 14.4 Å². The summed E-state index contributed by atoms with van der Waals surface area (Å²) in [5.41, 5.74) is 1.99. The lowest BCUT2D eigenvalue weighted by Crippen LogP contribution is -2.56. The first-order chi connectivity index (χ1) is 16.7. The van der Waals surface area contributed by atoms with Crippen LogP contribution in [0.4, 0.5) is 0 Å². The van der Waals surface area contributed by atoms with E-state index in [1.54, 1.807) is 25.3 Å². The molecule has 2 aromatic rings. The Morgan fingerprint density at radius 3 is 2.83 bits per heavy atom. The van der Waals surface area contributed by atoms with Crippen LogP contribution in [0.5, 0.6) is 0 Å². The highest BCUT2D eigenvalue weighted by Crippen LogP contribution is 2.65. The zero-order valence-electron chi connectivity index (χ0n) is 20.5. The largest absolute Gasteiger partial charge is 0.458 e. The number of hydrogen-bond acceptors (Lipinski definition) is 5. The van der Waals surface area contributed by atoms with Crippen LogP contribution in [0.25, 0.3) is 10.9 Å². The van der Waals surface area contributed by atoms with Gasteiger partial charge in [-0.15, -0.1) is 0 Å². The summed E-state index contributed by atoms with van der Waals surface area (Å²) in [6, 6.07) is 5.43. The van der Waals surface area contributed by atoms with Crippen molar-refractivity contribution in [2.75, 3.05) is 0 Å². The molecule has 6 nitrogen and oxygen atoms in total. The molecule has 35 heavy (non-hydrogen) atoms. The number of nitrogens with zero attached hydrogens (tertiary/aromatic N) is 1. The minimum atomic E-state index is -0.341. The molecule has 182 valence electrons. The minimum Gasteiger partial charge on any atom is -0.458 e. The number of Topliss-reactive ketones (excluding diaryl/α,β-unsaturated/α-hetero) is 1. The molecule has 0 aliphatic heterocycles. The molecule has 1 N–H and O–H groups in total. The first kappa shape index (κ1) is 22.4. The smallest absolute Gasteiger partial charge is 0.338 e. The third kappa shape index (κ3) is 3.29. The monoisotopic (exact) mass is 472 g/mol. The van der Waals surface area contributed by atoms with Gasteiger partial charge < -0.3 is 4.74 Å². The number of ether oxygens (including phenoxy) is 1. The molecule has 0 radical (unpaired) electrons. The van der Waals surface area contributed by atoms with Gasteiger partial charge in [0, 0.05) is 23.6 Å². The number of nitrogens with one attached hydrogen (secondary N) is 1. The fourth-order valence-corrected chi connectivity index (χ4v) is 8.15. The van der Waals surface area contributed by atoms with E-state index in [1.807, 2.05) is 12.1 Å². The van der Waals surface area contributed by atoms with Crippen LogP contribution < -0.4 is 0 Å². The maximum absolute atomic E-state index is 13.5. The number of carbonyl (C=O) groups is 3. The van der Waals surface area contributed by atoms with E-state index in [1.165, 1.54) is 0 Å². The van der Waals surface area contributed by atoms with Crippen molar-refractivity contribution in [1.29, 1.82) is 0 Å². The topological polar surface area (TPSA) is 89.1 Å². The number of ketones is 2. The number of hydrogen-bond donors (Lipinski definition) is 1. The van der Waals surface area contributed by atoms with E-state index >= 15 is 0 Å². The van der Waals surface area contributed by atoms with Gasteiger partial charge in [0.05, 0.1) is 17.3 Å². The zero-order chi connectivity index (χ0) is 24.5. The summed E-state index contributed by atoms with van der Waals surface area (Å²) in [4.78, 5) is 38.4. The first-order valence-corrected chi connectivity index (χ1v) is 12.8. The zero-order valence-corrected chi connectivity index (χ0v) is 20.5. The number of rotatable bonds is 3. The molecule has 0 bridgehead atoms. The molecule has 2 saturated carbocycles. The van der Waals surface area contributed by atoms with Crippen molar-refractivity contribution in [1.82, 2.24) is 10.2 Å². The van der Waals surface area contributed by atoms with E-state index in [0.29, 0.717) is 24.3 Å². The average Bonchev–Trinajstić information content (AvgIpc) is 3.42. The summed E-state index contributed by atoms with van der Waals surface area (Å²) in [5, 5.41) is 7.83. The molecule has 0 spiro atoms. The Bertz CT molecular complexity index is 1300. The average molecular weight is 473 g/mol. The van der Waals surface area contributed by atoms with E-state index in [-0.39, 0.29) is 52.2 Å². The second-order valence-corrected chi connectivity index (χ2v) is 11.6. The minimum absolute atomic E-state index is 0.0111. The quantitative estimate of drug-likeness (QED) is 0.620. The highest BCUT2D eigenvalue weighted by Gasteiger charge is 2.63. The van der Waals surface area contributed by atoms with E-state index < -0.39 is 0 Å². The lowest BCUT2D eigenvalue weighted by atomic mass is 9.47. The van der Waals surface area contributed by atoms with Gasteiger partial charge in [-0.3, -0.25) is 14.7 Å². The predicted molar refractivity (Wildman–Crippen MR) is 131 cm³/mol. The Hall–Kier alpha value is -3.02. The molecular weight excluding hydrogens is 440 g/mol. The molecule has 2 fully saturated rings. The van der Waals surface area contributed by atoms with E-state index in [2.05, 4.69) is 36.2 Å². The Morgan fingerprint density at radius 1 is 1.20 bits per heavy atom. The van der Waals surface area contributed by atoms with Crippen LogP contribution in [-0.2, 0) is 14.3 Å². The van der Waals surface area contributed by atoms with Crippen LogP contribution in [0, 0.1) is 34.5 Å². The third-order valence-corrected chi connectivity index (χ3v) is 9.86. The normalized spacial score (nSPS) is 37.9. The summed E-state index contributed by atoms with van der Waals surface area (Å²) < 4.78 is 6.39. The molecule has 0 unspecified atom stereocenters. The Balaban J connectivity index is 1.41. The number of H-pyrrole nitrogens is 1. The van der Waals surface area contributed by atoms with Gasteiger partial charge in [-0.1, -0.05) is 26.0 Å². The van der Waals surface area contributed by atoms with Crippen molar-refractivity contribution in [3.05, 3.63) is 53.8 Å². The fourth-order valence-electron chi connectivity index (χ4n) is 8.15. The lowest BCUT2D eigenvalue weighted by Gasteiger charge is -2.58. The van der Waals surface area contributed by atoms with Gasteiger partial charge in [-0.05, 0) is 85.1 Å². The summed E-state index contributed by atoms with van der Waals surface area (Å²) in [6.07, 6.45) is 11.4. The summed E-state index contributed by atoms with van der Waals surface area (Å²) in [7, 11) is 0. The molecule has 1 aromatic heterocycles. The van der Waals surface area contributed by atoms with Gasteiger partial charge in [-0.25, -0.2) is 4.79 Å². The summed E-state index contributed by atoms with van der Waals surface area (Å²) in [6.45, 7) is 6.18. The Morgan fingerprint density at radius 2 is 2.03 bits per heavy atom. The van der Waals surface area contributed by atoms with Crippen molar-refractivity contribution in [2.45, 2.75) is 59.0 Å². The molecule has 4 aliphatic carbocycles. The van der Waals surface area contributed by atoms with Gasteiger partial charge >= 0.3 is 5.97 Å². The Kier molecular flexibility index (Phi) is 4.96. The molecule has 4 aliphatic rings. The summed E-state index contributed by atoms with van der Waals surface area (Å²) >= 11 is 0. The molecule has 6 rings (SSSR count). The lowest BCUT2D eigenvalue weighted by molar-refractivity contribution is -0.135. The van der Waals surface area contributed by atoms with Crippen molar-refractivity contribution in [3.63, 3.8) is 0 Å². The van der Waals surface area contributed by atoms with Crippen molar-refractivity contribution >= 4 is 28.4 Å². The number of esters is 1. The van der Waals surface area contributed by atoms with Crippen LogP contribution in [0.1, 0.15) is 63.2 Å². The van der Waals surface area contributed by atoms with Crippen molar-refractivity contribution < 1.29 is 19.1 Å². The maximum atomic E-state index is 13.5. The molecule has 0 amide bonds. The van der Waals surface area contributed by atoms with Crippen molar-refractivity contribution in [3.8, 4) is 0 Å². The van der Waals surface area contributed by atoms with Gasteiger partial charge in [0.25, 0.3) is 0 Å². The SMILES string of the molecule is CC(=O)[C@H]1CC[C@H]2[C@@H]3C=CC4=CC(=O)CC[C@@]4(C)[C@@H]3[C@@H](OC(=O)c3ccc4[nH]ncc4c3)C[C@]12C. The number of aromatic nitrogens is 2. The van der Waals surface area contributed by atoms with Crippen LogP contribution in [0.15, 0.2) is 48.2 Å². The van der Waals surface area contributed by atoms with Crippen LogP contribution in [0.3, 0.4) is 0 Å². The molecule has 6 heteroatoms. The molecule has 1 aromatic carbocycles. The second-order valence-electron chi connectivity index (χ2n) is 11.6. The summed E-state index contributed by atoms with van der Waals surface area (Å²) in [5.74, 6) is 0.708. The van der Waals surface area contributed by atoms with Crippen LogP contribution in [0.2, 0.25) is 0 Å². The molecule has 0 saturated heterocycles. The molecule has 7 atom stereocenters. The highest BCUT2D eigenvalue weighted by atomic mass is 16.5. The molecule has 1 heterocycles. The van der Waals surface area contributed by atoms with E-state index in [0.717, 1.165) is 35.7 Å². The van der Waals surface area contributed by atoms with Gasteiger partial charge in [0.1, 0.15) is 11.9 Å². The fraction of sp³-hybridized carbons (Fsp3) is 0.517. The van der Waals surface area contributed by atoms with Gasteiger partial charge in [0.2, 0.25) is 0 Å². The number of carbonyl (C=O) groups excluding carboxylic acids is 3. The van der Waals surface area contributed by atoms with E-state index in [4.69, 9.17) is 4.74 Å².